The Morgan fingerprint density at radius 2 is 1.88 bits per heavy atom. The molecule has 1 N–H and O–H groups in total. The van der Waals surface area contributed by atoms with Crippen molar-refractivity contribution in [3.8, 4) is 0 Å². The topological polar surface area (TPSA) is 53.9 Å². The van der Waals surface area contributed by atoms with Crippen LogP contribution in [-0.4, -0.2) is 22.2 Å². The summed E-state index contributed by atoms with van der Waals surface area (Å²) >= 11 is 12.2. The molecule has 0 spiro atoms. The summed E-state index contributed by atoms with van der Waals surface area (Å²) < 4.78 is 0. The predicted octanol–water partition coefficient (Wildman–Crippen LogP) is 4.56. The van der Waals surface area contributed by atoms with Crippen LogP contribution in [0.5, 0.6) is 0 Å². The van der Waals surface area contributed by atoms with E-state index in [0.29, 0.717) is 34.0 Å². The fraction of sp³-hybridized carbons (Fsp3) is 0.118. The number of rotatable bonds is 5. The number of anilines is 3. The number of halogens is 2. The lowest BCUT2D eigenvalue weighted by Gasteiger charge is -2.17. The van der Waals surface area contributed by atoms with Crippen molar-refractivity contribution >= 4 is 40.7 Å². The van der Waals surface area contributed by atoms with Crippen molar-refractivity contribution in [2.45, 2.75) is 6.54 Å². The van der Waals surface area contributed by atoms with Crippen LogP contribution >= 0.6 is 23.2 Å². The molecule has 122 valence electrons. The first-order chi connectivity index (χ1) is 11.6. The van der Waals surface area contributed by atoms with Gasteiger partial charge >= 0.3 is 0 Å². The Balaban J connectivity index is 1.77. The van der Waals surface area contributed by atoms with Crippen molar-refractivity contribution in [2.24, 2.45) is 0 Å². The number of hydrogen-bond acceptors (Lipinski definition) is 5. The molecular formula is C17H15Cl2N5. The van der Waals surface area contributed by atoms with Crippen LogP contribution in [0.4, 0.5) is 17.5 Å². The minimum absolute atomic E-state index is 0.516. The predicted molar refractivity (Wildman–Crippen MR) is 98.1 cm³/mol. The Kier molecular flexibility index (Phi) is 5.13. The van der Waals surface area contributed by atoms with Gasteiger partial charge in [-0.3, -0.25) is 0 Å². The van der Waals surface area contributed by atoms with E-state index in [9.17, 15) is 0 Å². The van der Waals surface area contributed by atoms with E-state index >= 15 is 0 Å². The molecule has 3 aromatic rings. The molecule has 0 unspecified atom stereocenters. The molecule has 24 heavy (non-hydrogen) atoms. The van der Waals surface area contributed by atoms with Gasteiger partial charge in [0.25, 0.3) is 0 Å². The van der Waals surface area contributed by atoms with E-state index in [-0.39, 0.29) is 0 Å². The molecule has 3 rings (SSSR count). The summed E-state index contributed by atoms with van der Waals surface area (Å²) in [6, 6.07) is 15.3. The Bertz CT molecular complexity index is 826. The normalized spacial score (nSPS) is 10.5. The molecule has 0 saturated heterocycles. The monoisotopic (exact) mass is 359 g/mol. The third kappa shape index (κ3) is 4.13. The largest absolute Gasteiger partial charge is 0.338 e. The lowest BCUT2D eigenvalue weighted by atomic mass is 10.2. The van der Waals surface area contributed by atoms with Gasteiger partial charge in [-0.1, -0.05) is 53.5 Å². The fourth-order valence-corrected chi connectivity index (χ4v) is 2.51. The molecular weight excluding hydrogens is 345 g/mol. The minimum atomic E-state index is 0.516. The second-order valence-electron chi connectivity index (χ2n) is 5.23. The van der Waals surface area contributed by atoms with Crippen LogP contribution in [0.2, 0.25) is 10.0 Å². The Morgan fingerprint density at radius 3 is 2.67 bits per heavy atom. The average Bonchev–Trinajstić information content (AvgIpc) is 2.59. The summed E-state index contributed by atoms with van der Waals surface area (Å²) in [7, 11) is 1.92. The maximum Gasteiger partial charge on any atom is 0.247 e. The zero-order chi connectivity index (χ0) is 16.9. The van der Waals surface area contributed by atoms with Crippen molar-refractivity contribution in [1.29, 1.82) is 0 Å². The molecule has 2 aromatic carbocycles. The summed E-state index contributed by atoms with van der Waals surface area (Å²) in [4.78, 5) is 6.40. The second kappa shape index (κ2) is 7.47. The first-order valence-corrected chi connectivity index (χ1v) is 8.04. The third-order valence-electron chi connectivity index (χ3n) is 3.34. The molecule has 0 bridgehead atoms. The van der Waals surface area contributed by atoms with Crippen LogP contribution in [0.1, 0.15) is 5.56 Å². The van der Waals surface area contributed by atoms with Gasteiger partial charge in [0.1, 0.15) is 0 Å². The first kappa shape index (κ1) is 16.5. The Labute approximate surface area is 150 Å². The van der Waals surface area contributed by atoms with Crippen LogP contribution < -0.4 is 10.2 Å². The van der Waals surface area contributed by atoms with Crippen LogP contribution in [0.3, 0.4) is 0 Å². The van der Waals surface area contributed by atoms with E-state index in [2.05, 4.69) is 32.6 Å². The quantitative estimate of drug-likeness (QED) is 0.723. The highest BCUT2D eigenvalue weighted by Crippen LogP contribution is 2.27. The molecule has 1 heterocycles. The lowest BCUT2D eigenvalue weighted by molar-refractivity contribution is 0.831. The van der Waals surface area contributed by atoms with E-state index in [4.69, 9.17) is 23.2 Å². The van der Waals surface area contributed by atoms with Gasteiger partial charge in [0.15, 0.2) is 5.82 Å². The van der Waals surface area contributed by atoms with E-state index in [0.717, 1.165) is 0 Å². The molecule has 0 atom stereocenters. The van der Waals surface area contributed by atoms with E-state index < -0.39 is 0 Å². The number of aromatic nitrogens is 3. The van der Waals surface area contributed by atoms with Gasteiger partial charge < -0.3 is 10.2 Å². The van der Waals surface area contributed by atoms with Gasteiger partial charge in [0, 0.05) is 18.6 Å². The van der Waals surface area contributed by atoms with Gasteiger partial charge in [-0.2, -0.15) is 10.1 Å². The van der Waals surface area contributed by atoms with Crippen molar-refractivity contribution in [1.82, 2.24) is 15.2 Å². The van der Waals surface area contributed by atoms with Gasteiger partial charge in [-0.05, 0) is 23.8 Å². The molecule has 1 aromatic heterocycles. The Morgan fingerprint density at radius 1 is 1.08 bits per heavy atom. The summed E-state index contributed by atoms with van der Waals surface area (Å²) in [6.45, 7) is 0.684. The van der Waals surface area contributed by atoms with Crippen LogP contribution in [-0.2, 0) is 6.54 Å². The van der Waals surface area contributed by atoms with Gasteiger partial charge in [0.2, 0.25) is 5.95 Å². The van der Waals surface area contributed by atoms with Crippen molar-refractivity contribution in [3.05, 3.63) is 70.3 Å². The second-order valence-corrected chi connectivity index (χ2v) is 6.08. The third-order valence-corrected chi connectivity index (χ3v) is 3.91. The summed E-state index contributed by atoms with van der Waals surface area (Å²) in [5.74, 6) is 1.06. The number of nitrogens with one attached hydrogen (secondary N) is 1. The summed E-state index contributed by atoms with van der Waals surface area (Å²) in [5.41, 5.74) is 1.83. The number of benzene rings is 2. The zero-order valence-corrected chi connectivity index (χ0v) is 14.5. The molecule has 0 radical (unpaired) electrons. The number of nitrogens with zero attached hydrogens (tertiary/aromatic N) is 4. The maximum absolute atomic E-state index is 6.16. The molecule has 0 aliphatic rings. The van der Waals surface area contributed by atoms with Crippen molar-refractivity contribution in [3.63, 3.8) is 0 Å². The summed E-state index contributed by atoms with van der Waals surface area (Å²) in [5, 5.41) is 12.3. The molecule has 0 aliphatic heterocycles. The van der Waals surface area contributed by atoms with Crippen LogP contribution in [0, 0.1) is 0 Å². The standard InChI is InChI=1S/C17H15Cl2N5/c1-24(11-12-5-3-2-4-6-12)17-22-16(10-20-23-17)21-15-9-13(18)7-8-14(15)19/h2-10H,11H2,1H3,(H,21,22,23). The zero-order valence-electron chi connectivity index (χ0n) is 12.9. The van der Waals surface area contributed by atoms with E-state index in [1.807, 2.05) is 30.1 Å². The van der Waals surface area contributed by atoms with Crippen LogP contribution in [0.15, 0.2) is 54.7 Å². The van der Waals surface area contributed by atoms with Crippen LogP contribution in [0.25, 0.3) is 0 Å². The molecule has 7 heteroatoms. The molecule has 0 aliphatic carbocycles. The van der Waals surface area contributed by atoms with E-state index in [1.54, 1.807) is 18.2 Å². The lowest BCUT2D eigenvalue weighted by Crippen LogP contribution is -2.19. The Hall–Kier alpha value is -2.37. The maximum atomic E-state index is 6.16. The average molecular weight is 360 g/mol. The molecule has 0 amide bonds. The number of hydrogen-bond donors (Lipinski definition) is 1. The highest BCUT2D eigenvalue weighted by Gasteiger charge is 2.09. The van der Waals surface area contributed by atoms with Gasteiger partial charge in [-0.25, -0.2) is 0 Å². The van der Waals surface area contributed by atoms with Crippen molar-refractivity contribution in [2.75, 3.05) is 17.3 Å². The highest BCUT2D eigenvalue weighted by molar-refractivity contribution is 6.35. The first-order valence-electron chi connectivity index (χ1n) is 7.28. The minimum Gasteiger partial charge on any atom is -0.338 e. The smallest absolute Gasteiger partial charge is 0.247 e. The molecule has 0 fully saturated rings. The fourth-order valence-electron chi connectivity index (χ4n) is 2.18. The van der Waals surface area contributed by atoms with Gasteiger partial charge in [0.05, 0.1) is 16.9 Å². The van der Waals surface area contributed by atoms with Gasteiger partial charge in [-0.15, -0.1) is 5.10 Å². The molecule has 5 nitrogen and oxygen atoms in total. The SMILES string of the molecule is CN(Cc1ccccc1)c1nncc(Nc2cc(Cl)ccc2Cl)n1. The molecule has 0 saturated carbocycles. The summed E-state index contributed by atoms with van der Waals surface area (Å²) in [6.07, 6.45) is 1.54. The van der Waals surface area contributed by atoms with E-state index in [1.165, 1.54) is 11.8 Å². The van der Waals surface area contributed by atoms with Crippen molar-refractivity contribution < 1.29 is 0 Å². The highest BCUT2D eigenvalue weighted by atomic mass is 35.5.